The minimum absolute atomic E-state index is 0.202. The zero-order chi connectivity index (χ0) is 18.9. The van der Waals surface area contributed by atoms with Crippen LogP contribution in [0.4, 0.5) is 0 Å². The SMILES string of the molecule is C=CCNC(=O)c1nc(C(=O)N2CCC3(CC2)OCCO3)n2ccccc12. The van der Waals surface area contributed by atoms with E-state index in [1.165, 1.54) is 0 Å². The molecule has 2 aromatic rings. The highest BCUT2D eigenvalue weighted by molar-refractivity contribution is 6.02. The highest BCUT2D eigenvalue weighted by Crippen LogP contribution is 2.31. The van der Waals surface area contributed by atoms with Crippen LogP contribution in [0.25, 0.3) is 5.52 Å². The maximum atomic E-state index is 13.1. The summed E-state index contributed by atoms with van der Waals surface area (Å²) in [5, 5.41) is 2.71. The molecule has 2 aliphatic rings. The van der Waals surface area contributed by atoms with Crippen molar-refractivity contribution in [3.63, 3.8) is 0 Å². The second-order valence-corrected chi connectivity index (χ2v) is 6.64. The predicted molar refractivity (Wildman–Crippen MR) is 97.5 cm³/mol. The van der Waals surface area contributed by atoms with Gasteiger partial charge in [-0.05, 0) is 12.1 Å². The van der Waals surface area contributed by atoms with Gasteiger partial charge in [0.05, 0.1) is 18.7 Å². The molecule has 0 bridgehead atoms. The first kappa shape index (κ1) is 17.7. The number of carbonyl (C=O) groups excluding carboxylic acids is 2. The number of amides is 2. The fourth-order valence-corrected chi connectivity index (χ4v) is 3.58. The Labute approximate surface area is 156 Å². The molecule has 0 saturated carbocycles. The number of fused-ring (bicyclic) bond motifs is 1. The van der Waals surface area contributed by atoms with Crippen molar-refractivity contribution in [1.82, 2.24) is 19.6 Å². The third-order valence-corrected chi connectivity index (χ3v) is 4.99. The standard InChI is InChI=1S/C19H22N4O4/c1-2-8-20-17(24)15-14-5-3-4-9-23(14)16(21-15)18(25)22-10-6-19(7-11-22)26-12-13-27-19/h2-5,9H,1,6-8,10-13H2,(H,20,24). The van der Waals surface area contributed by atoms with Crippen molar-refractivity contribution in [2.24, 2.45) is 0 Å². The zero-order valence-corrected chi connectivity index (χ0v) is 15.0. The lowest BCUT2D eigenvalue weighted by Crippen LogP contribution is -2.47. The van der Waals surface area contributed by atoms with E-state index < -0.39 is 5.79 Å². The van der Waals surface area contributed by atoms with E-state index in [1.807, 2.05) is 12.1 Å². The number of likely N-dealkylation sites (tertiary alicyclic amines) is 1. The topological polar surface area (TPSA) is 85.2 Å². The van der Waals surface area contributed by atoms with E-state index in [0.29, 0.717) is 51.2 Å². The highest BCUT2D eigenvalue weighted by atomic mass is 16.7. The summed E-state index contributed by atoms with van der Waals surface area (Å²) in [5.74, 6) is -0.838. The average Bonchev–Trinajstić information content (AvgIpc) is 3.31. The number of nitrogens with zero attached hydrogens (tertiary/aromatic N) is 3. The molecule has 27 heavy (non-hydrogen) atoms. The summed E-state index contributed by atoms with van der Waals surface area (Å²) in [7, 11) is 0. The number of carbonyl (C=O) groups is 2. The Kier molecular flexibility index (Phi) is 4.67. The first-order chi connectivity index (χ1) is 13.1. The summed E-state index contributed by atoms with van der Waals surface area (Å²) in [6, 6.07) is 5.40. The molecular weight excluding hydrogens is 348 g/mol. The van der Waals surface area contributed by atoms with Gasteiger partial charge in [0.25, 0.3) is 11.8 Å². The predicted octanol–water partition coefficient (Wildman–Crippen LogP) is 1.23. The van der Waals surface area contributed by atoms with Crippen molar-refractivity contribution in [3.05, 3.63) is 48.6 Å². The van der Waals surface area contributed by atoms with Crippen molar-refractivity contribution in [3.8, 4) is 0 Å². The van der Waals surface area contributed by atoms with Crippen LogP contribution in [0.2, 0.25) is 0 Å². The van der Waals surface area contributed by atoms with Gasteiger partial charge in [0.15, 0.2) is 11.5 Å². The van der Waals surface area contributed by atoms with Gasteiger partial charge in [-0.1, -0.05) is 12.1 Å². The third kappa shape index (κ3) is 3.22. The van der Waals surface area contributed by atoms with Gasteiger partial charge in [0, 0.05) is 38.7 Å². The van der Waals surface area contributed by atoms with Crippen molar-refractivity contribution in [2.75, 3.05) is 32.8 Å². The second-order valence-electron chi connectivity index (χ2n) is 6.64. The summed E-state index contributed by atoms with van der Waals surface area (Å²) in [5.41, 5.74) is 0.829. The summed E-state index contributed by atoms with van der Waals surface area (Å²) in [6.07, 6.45) is 4.61. The first-order valence-electron chi connectivity index (χ1n) is 9.07. The van der Waals surface area contributed by atoms with Crippen LogP contribution in [0.3, 0.4) is 0 Å². The van der Waals surface area contributed by atoms with Gasteiger partial charge in [-0.3, -0.25) is 14.0 Å². The largest absolute Gasteiger partial charge is 0.347 e. The van der Waals surface area contributed by atoms with Crippen molar-refractivity contribution >= 4 is 17.3 Å². The fourth-order valence-electron chi connectivity index (χ4n) is 3.58. The van der Waals surface area contributed by atoms with E-state index in [0.717, 1.165) is 0 Å². The van der Waals surface area contributed by atoms with Crippen molar-refractivity contribution in [1.29, 1.82) is 0 Å². The van der Waals surface area contributed by atoms with Gasteiger partial charge in [-0.25, -0.2) is 4.98 Å². The maximum absolute atomic E-state index is 13.1. The Balaban J connectivity index is 1.59. The molecule has 4 heterocycles. The number of hydrogen-bond donors (Lipinski definition) is 1. The zero-order valence-electron chi connectivity index (χ0n) is 15.0. The average molecular weight is 370 g/mol. The van der Waals surface area contributed by atoms with Crippen LogP contribution in [0.1, 0.15) is 33.9 Å². The maximum Gasteiger partial charge on any atom is 0.290 e. The number of pyridine rings is 1. The molecule has 1 spiro atoms. The number of aromatic nitrogens is 2. The van der Waals surface area contributed by atoms with Crippen LogP contribution in [0.5, 0.6) is 0 Å². The first-order valence-corrected chi connectivity index (χ1v) is 9.07. The lowest BCUT2D eigenvalue weighted by molar-refractivity contribution is -0.181. The Morgan fingerprint density at radius 3 is 2.70 bits per heavy atom. The molecule has 142 valence electrons. The lowest BCUT2D eigenvalue weighted by atomic mass is 10.0. The number of nitrogens with one attached hydrogen (secondary N) is 1. The molecule has 2 aromatic heterocycles. The molecule has 0 atom stereocenters. The number of imidazole rings is 1. The minimum atomic E-state index is -0.541. The smallest absolute Gasteiger partial charge is 0.290 e. The summed E-state index contributed by atoms with van der Waals surface area (Å²) in [4.78, 5) is 31.6. The molecule has 2 saturated heterocycles. The molecule has 2 amide bonds. The summed E-state index contributed by atoms with van der Waals surface area (Å²) < 4.78 is 13.1. The van der Waals surface area contributed by atoms with E-state index in [9.17, 15) is 9.59 Å². The van der Waals surface area contributed by atoms with E-state index in [-0.39, 0.29) is 23.3 Å². The summed E-state index contributed by atoms with van der Waals surface area (Å²) in [6.45, 7) is 6.18. The van der Waals surface area contributed by atoms with E-state index in [4.69, 9.17) is 9.47 Å². The van der Waals surface area contributed by atoms with Crippen LogP contribution < -0.4 is 5.32 Å². The van der Waals surface area contributed by atoms with Gasteiger partial charge in [0.1, 0.15) is 0 Å². The van der Waals surface area contributed by atoms with Gasteiger partial charge in [0.2, 0.25) is 5.82 Å². The van der Waals surface area contributed by atoms with Gasteiger partial charge >= 0.3 is 0 Å². The van der Waals surface area contributed by atoms with E-state index in [1.54, 1.807) is 27.6 Å². The molecule has 8 nitrogen and oxygen atoms in total. The van der Waals surface area contributed by atoms with Crippen molar-refractivity contribution in [2.45, 2.75) is 18.6 Å². The molecule has 0 radical (unpaired) electrons. The van der Waals surface area contributed by atoms with E-state index >= 15 is 0 Å². The second kappa shape index (κ2) is 7.13. The molecule has 8 heteroatoms. The van der Waals surface area contributed by atoms with Gasteiger partial charge in [-0.15, -0.1) is 6.58 Å². The van der Waals surface area contributed by atoms with Crippen LogP contribution in [-0.4, -0.2) is 64.7 Å². The monoisotopic (exact) mass is 370 g/mol. The van der Waals surface area contributed by atoms with Crippen LogP contribution in [-0.2, 0) is 9.47 Å². The van der Waals surface area contributed by atoms with Gasteiger partial charge in [-0.2, -0.15) is 0 Å². The van der Waals surface area contributed by atoms with Gasteiger partial charge < -0.3 is 19.7 Å². The molecule has 1 N–H and O–H groups in total. The molecule has 0 unspecified atom stereocenters. The highest BCUT2D eigenvalue weighted by Gasteiger charge is 2.41. The fraction of sp³-hybridized carbons (Fsp3) is 0.421. The number of ether oxygens (including phenoxy) is 2. The Morgan fingerprint density at radius 2 is 2.00 bits per heavy atom. The number of rotatable bonds is 4. The van der Waals surface area contributed by atoms with E-state index in [2.05, 4.69) is 16.9 Å². The van der Waals surface area contributed by atoms with Crippen LogP contribution in [0, 0.1) is 0 Å². The molecule has 2 fully saturated rings. The normalized spacial score (nSPS) is 18.7. The third-order valence-electron chi connectivity index (χ3n) is 4.99. The quantitative estimate of drug-likeness (QED) is 0.819. The molecule has 0 aliphatic carbocycles. The Hall–Kier alpha value is -2.71. The molecular formula is C19H22N4O4. The molecule has 0 aromatic carbocycles. The Morgan fingerprint density at radius 1 is 1.26 bits per heavy atom. The Bertz CT molecular complexity index is 875. The number of piperidine rings is 1. The lowest BCUT2D eigenvalue weighted by Gasteiger charge is -2.37. The number of hydrogen-bond acceptors (Lipinski definition) is 5. The summed E-state index contributed by atoms with van der Waals surface area (Å²) >= 11 is 0. The molecule has 2 aliphatic heterocycles. The van der Waals surface area contributed by atoms with Crippen molar-refractivity contribution < 1.29 is 19.1 Å². The van der Waals surface area contributed by atoms with Crippen LogP contribution in [0.15, 0.2) is 37.1 Å². The van der Waals surface area contributed by atoms with Crippen LogP contribution >= 0.6 is 0 Å². The minimum Gasteiger partial charge on any atom is -0.347 e. The molecule has 4 rings (SSSR count).